The molecule has 0 bridgehead atoms. The van der Waals surface area contributed by atoms with E-state index in [1.165, 1.54) is 4.68 Å². The first-order chi connectivity index (χ1) is 7.08. The summed E-state index contributed by atoms with van der Waals surface area (Å²) in [4.78, 5) is 0. The molecular weight excluding hydrogens is 212 g/mol. The van der Waals surface area contributed by atoms with Crippen LogP contribution in [0, 0.1) is 6.92 Å². The number of hydrogen-bond donors (Lipinski definition) is 1. The molecule has 0 saturated carbocycles. The molecule has 0 saturated heterocycles. The van der Waals surface area contributed by atoms with Crippen molar-refractivity contribution in [3.63, 3.8) is 0 Å². The summed E-state index contributed by atoms with van der Waals surface area (Å²) in [7, 11) is 1.70. The number of benzene rings is 1. The van der Waals surface area contributed by atoms with Gasteiger partial charge in [-0.2, -0.15) is 5.10 Å². The number of hydrogen-bond acceptors (Lipinski definition) is 2. The van der Waals surface area contributed by atoms with Crippen LogP contribution in [0.25, 0.3) is 11.3 Å². The molecule has 0 amide bonds. The van der Waals surface area contributed by atoms with Gasteiger partial charge in [0, 0.05) is 23.7 Å². The Hall–Kier alpha value is -1.48. The van der Waals surface area contributed by atoms with Gasteiger partial charge in [0.15, 0.2) is 0 Å². The Balaban J connectivity index is 2.54. The predicted molar refractivity (Wildman–Crippen MR) is 60.1 cm³/mol. The number of rotatable bonds is 1. The number of nitrogens with zero attached hydrogens (tertiary/aromatic N) is 2. The van der Waals surface area contributed by atoms with Gasteiger partial charge in [-0.15, -0.1) is 0 Å². The maximum absolute atomic E-state index is 9.42. The van der Waals surface area contributed by atoms with E-state index in [1.54, 1.807) is 13.1 Å². The quantitative estimate of drug-likeness (QED) is 0.806. The fourth-order valence-corrected chi connectivity index (χ4v) is 1.73. The summed E-state index contributed by atoms with van der Waals surface area (Å²) in [5.41, 5.74) is 2.78. The molecule has 0 spiro atoms. The first-order valence-electron chi connectivity index (χ1n) is 4.57. The van der Waals surface area contributed by atoms with Crippen molar-refractivity contribution in [2.45, 2.75) is 6.92 Å². The molecule has 0 aliphatic carbocycles. The second-order valence-corrected chi connectivity index (χ2v) is 3.91. The van der Waals surface area contributed by atoms with Crippen molar-refractivity contribution >= 4 is 11.6 Å². The van der Waals surface area contributed by atoms with Gasteiger partial charge in [-0.05, 0) is 24.6 Å². The molecule has 0 aliphatic heterocycles. The molecule has 1 aromatic heterocycles. The van der Waals surface area contributed by atoms with Gasteiger partial charge in [0.2, 0.25) is 5.88 Å². The lowest BCUT2D eigenvalue weighted by Crippen LogP contribution is -1.90. The molecular formula is C11H11ClN2O. The van der Waals surface area contributed by atoms with Gasteiger partial charge in [0.1, 0.15) is 0 Å². The van der Waals surface area contributed by atoms with Crippen molar-refractivity contribution in [1.29, 1.82) is 0 Å². The largest absolute Gasteiger partial charge is 0.493 e. The predicted octanol–water partition coefficient (Wildman–Crippen LogP) is 2.75. The van der Waals surface area contributed by atoms with Gasteiger partial charge in [0.05, 0.1) is 5.69 Å². The van der Waals surface area contributed by atoms with Crippen molar-refractivity contribution in [3.05, 3.63) is 34.9 Å². The van der Waals surface area contributed by atoms with E-state index in [2.05, 4.69) is 5.10 Å². The van der Waals surface area contributed by atoms with E-state index in [4.69, 9.17) is 11.6 Å². The van der Waals surface area contributed by atoms with Crippen LogP contribution in [0.3, 0.4) is 0 Å². The molecule has 1 aromatic carbocycles. The molecule has 15 heavy (non-hydrogen) atoms. The Morgan fingerprint density at radius 1 is 1.33 bits per heavy atom. The molecule has 1 N–H and O–H groups in total. The Morgan fingerprint density at radius 3 is 2.60 bits per heavy atom. The van der Waals surface area contributed by atoms with Gasteiger partial charge < -0.3 is 5.11 Å². The zero-order chi connectivity index (χ0) is 11.0. The molecule has 0 atom stereocenters. The molecule has 3 nitrogen and oxygen atoms in total. The summed E-state index contributed by atoms with van der Waals surface area (Å²) < 4.78 is 1.43. The van der Waals surface area contributed by atoms with Crippen LogP contribution < -0.4 is 0 Å². The smallest absolute Gasteiger partial charge is 0.209 e. The third kappa shape index (κ3) is 1.83. The maximum Gasteiger partial charge on any atom is 0.209 e. The lowest BCUT2D eigenvalue weighted by atomic mass is 10.1. The highest BCUT2D eigenvalue weighted by atomic mass is 35.5. The zero-order valence-corrected chi connectivity index (χ0v) is 9.28. The molecule has 0 fully saturated rings. The van der Waals surface area contributed by atoms with Crippen LogP contribution in [0.4, 0.5) is 0 Å². The van der Waals surface area contributed by atoms with Crippen molar-refractivity contribution in [2.75, 3.05) is 0 Å². The Morgan fingerprint density at radius 2 is 2.07 bits per heavy atom. The third-order valence-corrected chi connectivity index (χ3v) is 2.55. The number of aryl methyl sites for hydroxylation is 2. The van der Waals surface area contributed by atoms with Gasteiger partial charge in [-0.1, -0.05) is 17.7 Å². The van der Waals surface area contributed by atoms with Gasteiger partial charge in [-0.3, -0.25) is 0 Å². The van der Waals surface area contributed by atoms with Crippen LogP contribution in [0.1, 0.15) is 5.56 Å². The van der Waals surface area contributed by atoms with Crippen LogP contribution >= 0.6 is 11.6 Å². The van der Waals surface area contributed by atoms with Crippen LogP contribution in [-0.2, 0) is 7.05 Å². The van der Waals surface area contributed by atoms with Crippen LogP contribution in [-0.4, -0.2) is 14.9 Å². The van der Waals surface area contributed by atoms with Gasteiger partial charge in [0.25, 0.3) is 0 Å². The van der Waals surface area contributed by atoms with Crippen LogP contribution in [0.2, 0.25) is 5.02 Å². The zero-order valence-electron chi connectivity index (χ0n) is 8.53. The molecule has 2 aromatic rings. The van der Waals surface area contributed by atoms with E-state index in [1.807, 2.05) is 25.1 Å². The van der Waals surface area contributed by atoms with E-state index in [0.29, 0.717) is 5.02 Å². The minimum absolute atomic E-state index is 0.152. The van der Waals surface area contributed by atoms with Crippen LogP contribution in [0.5, 0.6) is 5.88 Å². The number of aromatic hydroxyl groups is 1. The Labute approximate surface area is 92.9 Å². The monoisotopic (exact) mass is 222 g/mol. The Bertz CT molecular complexity index is 486. The summed E-state index contributed by atoms with van der Waals surface area (Å²) >= 11 is 5.87. The summed E-state index contributed by atoms with van der Waals surface area (Å²) in [6.45, 7) is 1.97. The SMILES string of the molecule is Cc1cc(Cl)ccc1-c1cc(O)n(C)n1. The standard InChI is InChI=1S/C11H11ClN2O/c1-7-5-8(12)3-4-9(7)10-6-11(15)14(2)13-10/h3-6,15H,1-2H3. The highest BCUT2D eigenvalue weighted by molar-refractivity contribution is 6.30. The molecule has 4 heteroatoms. The highest BCUT2D eigenvalue weighted by Gasteiger charge is 2.08. The minimum Gasteiger partial charge on any atom is -0.493 e. The van der Waals surface area contributed by atoms with Crippen molar-refractivity contribution < 1.29 is 5.11 Å². The maximum atomic E-state index is 9.42. The molecule has 1 heterocycles. The van der Waals surface area contributed by atoms with Crippen molar-refractivity contribution in [2.24, 2.45) is 7.05 Å². The van der Waals surface area contributed by atoms with Crippen LogP contribution in [0.15, 0.2) is 24.3 Å². The second-order valence-electron chi connectivity index (χ2n) is 3.47. The highest BCUT2D eigenvalue weighted by Crippen LogP contribution is 2.26. The molecule has 0 unspecified atom stereocenters. The summed E-state index contributed by atoms with van der Waals surface area (Å²) in [6, 6.07) is 7.23. The lowest BCUT2D eigenvalue weighted by molar-refractivity contribution is 0.419. The summed E-state index contributed by atoms with van der Waals surface area (Å²) in [5.74, 6) is 0.152. The summed E-state index contributed by atoms with van der Waals surface area (Å²) in [5, 5.41) is 14.3. The fraction of sp³-hybridized carbons (Fsp3) is 0.182. The normalized spacial score (nSPS) is 10.6. The minimum atomic E-state index is 0.152. The van der Waals surface area contributed by atoms with Crippen molar-refractivity contribution in [3.8, 4) is 17.1 Å². The molecule has 2 rings (SSSR count). The van der Waals surface area contributed by atoms with E-state index in [0.717, 1.165) is 16.8 Å². The second kappa shape index (κ2) is 3.59. The van der Waals surface area contributed by atoms with E-state index < -0.39 is 0 Å². The van der Waals surface area contributed by atoms with E-state index in [9.17, 15) is 5.11 Å². The molecule has 0 radical (unpaired) electrons. The summed E-state index contributed by atoms with van der Waals surface area (Å²) in [6.07, 6.45) is 0. The average molecular weight is 223 g/mol. The first-order valence-corrected chi connectivity index (χ1v) is 4.95. The van der Waals surface area contributed by atoms with Gasteiger partial charge >= 0.3 is 0 Å². The Kier molecular flexibility index (Phi) is 2.40. The van der Waals surface area contributed by atoms with Gasteiger partial charge in [-0.25, -0.2) is 4.68 Å². The van der Waals surface area contributed by atoms with E-state index in [-0.39, 0.29) is 5.88 Å². The third-order valence-electron chi connectivity index (χ3n) is 2.32. The molecule has 0 aliphatic rings. The van der Waals surface area contributed by atoms with Crippen molar-refractivity contribution in [1.82, 2.24) is 9.78 Å². The fourth-order valence-electron chi connectivity index (χ4n) is 1.50. The molecule has 78 valence electrons. The van der Waals surface area contributed by atoms with E-state index >= 15 is 0 Å². The topological polar surface area (TPSA) is 38.0 Å². The average Bonchev–Trinajstić information content (AvgIpc) is 2.46. The first kappa shape index (κ1) is 10.1. The number of aromatic nitrogens is 2. The lowest BCUT2D eigenvalue weighted by Gasteiger charge is -2.01. The number of halogens is 1.